The summed E-state index contributed by atoms with van der Waals surface area (Å²) in [5.74, 6) is -0.0967. The Morgan fingerprint density at radius 1 is 1.33 bits per heavy atom. The molecule has 0 aromatic rings. The molecule has 0 aliphatic carbocycles. The van der Waals surface area contributed by atoms with E-state index in [1.807, 2.05) is 6.92 Å². The van der Waals surface area contributed by atoms with Crippen molar-refractivity contribution in [1.82, 2.24) is 10.2 Å². The summed E-state index contributed by atoms with van der Waals surface area (Å²) in [5, 5.41) is 3.33. The van der Waals surface area contributed by atoms with Gasteiger partial charge in [-0.05, 0) is 58.8 Å². The second-order valence-corrected chi connectivity index (χ2v) is 4.95. The van der Waals surface area contributed by atoms with E-state index in [0.717, 1.165) is 32.4 Å². The van der Waals surface area contributed by atoms with Crippen molar-refractivity contribution in [3.63, 3.8) is 0 Å². The van der Waals surface area contributed by atoms with Crippen LogP contribution in [-0.4, -0.2) is 49.7 Å². The van der Waals surface area contributed by atoms with Crippen LogP contribution in [-0.2, 0) is 9.53 Å². The van der Waals surface area contributed by atoms with E-state index in [2.05, 4.69) is 17.1 Å². The highest BCUT2D eigenvalue weighted by Crippen LogP contribution is 2.07. The van der Waals surface area contributed by atoms with Crippen molar-refractivity contribution in [3.05, 3.63) is 0 Å². The van der Waals surface area contributed by atoms with Gasteiger partial charge in [-0.15, -0.1) is 0 Å². The molecule has 0 bridgehead atoms. The van der Waals surface area contributed by atoms with Gasteiger partial charge in [-0.25, -0.2) is 0 Å². The van der Waals surface area contributed by atoms with Crippen LogP contribution in [0.5, 0.6) is 0 Å². The summed E-state index contributed by atoms with van der Waals surface area (Å²) in [6.07, 6.45) is 5.66. The average molecular weight is 256 g/mol. The van der Waals surface area contributed by atoms with Crippen LogP contribution in [0.4, 0.5) is 0 Å². The molecule has 0 saturated carbocycles. The molecule has 106 valence electrons. The number of carbonyl (C=O) groups excluding carboxylic acids is 1. The molecule has 4 nitrogen and oxygen atoms in total. The Balaban J connectivity index is 2.13. The maximum absolute atomic E-state index is 11.7. The first-order chi connectivity index (χ1) is 8.77. The number of hydrogen-bond acceptors (Lipinski definition) is 4. The van der Waals surface area contributed by atoms with Gasteiger partial charge < -0.3 is 15.0 Å². The predicted octanol–water partition coefficient (Wildman–Crippen LogP) is 1.79. The lowest BCUT2D eigenvalue weighted by Crippen LogP contribution is -2.39. The molecular formula is C14H28N2O2. The first-order valence-electron chi connectivity index (χ1n) is 7.40. The molecule has 0 amide bonds. The SMILES string of the molecule is CCCC(NCCCN1CCCC1)C(=O)OCC. The Labute approximate surface area is 111 Å². The molecule has 1 atom stereocenters. The summed E-state index contributed by atoms with van der Waals surface area (Å²) < 4.78 is 5.08. The zero-order chi connectivity index (χ0) is 13.2. The van der Waals surface area contributed by atoms with Crippen molar-refractivity contribution in [2.24, 2.45) is 0 Å². The second kappa shape index (κ2) is 9.34. The standard InChI is InChI=1S/C14H28N2O2/c1-3-8-13(14(17)18-4-2)15-9-7-12-16-10-5-6-11-16/h13,15H,3-12H2,1-2H3. The lowest BCUT2D eigenvalue weighted by atomic mass is 10.1. The number of ether oxygens (including phenoxy) is 1. The summed E-state index contributed by atoms with van der Waals surface area (Å²) in [6, 6.07) is -0.117. The van der Waals surface area contributed by atoms with E-state index < -0.39 is 0 Å². The first kappa shape index (κ1) is 15.4. The third-order valence-corrected chi connectivity index (χ3v) is 3.39. The molecule has 0 radical (unpaired) electrons. The van der Waals surface area contributed by atoms with Crippen LogP contribution in [0.1, 0.15) is 46.0 Å². The molecule has 0 spiro atoms. The van der Waals surface area contributed by atoms with Crippen molar-refractivity contribution in [2.45, 2.75) is 52.0 Å². The fourth-order valence-electron chi connectivity index (χ4n) is 2.42. The van der Waals surface area contributed by atoms with Gasteiger partial charge in [0, 0.05) is 0 Å². The fourth-order valence-corrected chi connectivity index (χ4v) is 2.42. The second-order valence-electron chi connectivity index (χ2n) is 4.95. The summed E-state index contributed by atoms with van der Waals surface area (Å²) in [5.41, 5.74) is 0. The maximum atomic E-state index is 11.7. The van der Waals surface area contributed by atoms with E-state index in [4.69, 9.17) is 4.74 Å². The van der Waals surface area contributed by atoms with Crippen LogP contribution in [0.3, 0.4) is 0 Å². The minimum Gasteiger partial charge on any atom is -0.465 e. The van der Waals surface area contributed by atoms with Crippen LogP contribution in [0, 0.1) is 0 Å². The summed E-state index contributed by atoms with van der Waals surface area (Å²) in [7, 11) is 0. The van der Waals surface area contributed by atoms with Gasteiger partial charge in [0.2, 0.25) is 0 Å². The molecule has 1 heterocycles. The lowest BCUT2D eigenvalue weighted by Gasteiger charge is -2.18. The van der Waals surface area contributed by atoms with Crippen molar-refractivity contribution < 1.29 is 9.53 Å². The third-order valence-electron chi connectivity index (χ3n) is 3.39. The van der Waals surface area contributed by atoms with Gasteiger partial charge in [-0.2, -0.15) is 0 Å². The number of esters is 1. The van der Waals surface area contributed by atoms with Gasteiger partial charge in [0.15, 0.2) is 0 Å². The number of hydrogen-bond donors (Lipinski definition) is 1. The highest BCUT2D eigenvalue weighted by Gasteiger charge is 2.18. The van der Waals surface area contributed by atoms with Crippen LogP contribution >= 0.6 is 0 Å². The summed E-state index contributed by atoms with van der Waals surface area (Å²) >= 11 is 0. The Morgan fingerprint density at radius 2 is 2.06 bits per heavy atom. The zero-order valence-electron chi connectivity index (χ0n) is 11.9. The molecule has 1 aliphatic heterocycles. The van der Waals surface area contributed by atoms with Gasteiger partial charge in [-0.3, -0.25) is 4.79 Å². The van der Waals surface area contributed by atoms with Crippen LogP contribution in [0.15, 0.2) is 0 Å². The van der Waals surface area contributed by atoms with E-state index in [-0.39, 0.29) is 12.0 Å². The van der Waals surface area contributed by atoms with E-state index in [0.29, 0.717) is 6.61 Å². The first-order valence-corrected chi connectivity index (χ1v) is 7.40. The van der Waals surface area contributed by atoms with Gasteiger partial charge in [-0.1, -0.05) is 13.3 Å². The molecule has 1 aliphatic rings. The monoisotopic (exact) mass is 256 g/mol. The zero-order valence-corrected chi connectivity index (χ0v) is 11.9. The molecule has 1 N–H and O–H groups in total. The third kappa shape index (κ3) is 5.83. The molecule has 1 fully saturated rings. The quantitative estimate of drug-likeness (QED) is 0.504. The Morgan fingerprint density at radius 3 is 2.67 bits per heavy atom. The molecule has 1 saturated heterocycles. The highest BCUT2D eigenvalue weighted by atomic mass is 16.5. The largest absolute Gasteiger partial charge is 0.465 e. The van der Waals surface area contributed by atoms with Crippen molar-refractivity contribution in [3.8, 4) is 0 Å². The molecule has 0 aromatic carbocycles. The predicted molar refractivity (Wildman–Crippen MR) is 73.6 cm³/mol. The fraction of sp³-hybridized carbons (Fsp3) is 0.929. The van der Waals surface area contributed by atoms with E-state index in [9.17, 15) is 4.79 Å². The number of nitrogens with zero attached hydrogens (tertiary/aromatic N) is 1. The lowest BCUT2D eigenvalue weighted by molar-refractivity contribution is -0.145. The highest BCUT2D eigenvalue weighted by molar-refractivity contribution is 5.75. The summed E-state index contributed by atoms with van der Waals surface area (Å²) in [6.45, 7) is 8.96. The van der Waals surface area contributed by atoms with Gasteiger partial charge in [0.25, 0.3) is 0 Å². The van der Waals surface area contributed by atoms with Crippen molar-refractivity contribution in [1.29, 1.82) is 0 Å². The number of carbonyl (C=O) groups is 1. The molecule has 4 heteroatoms. The Bertz CT molecular complexity index is 228. The van der Waals surface area contributed by atoms with Crippen molar-refractivity contribution >= 4 is 5.97 Å². The smallest absolute Gasteiger partial charge is 0.323 e. The van der Waals surface area contributed by atoms with E-state index >= 15 is 0 Å². The summed E-state index contributed by atoms with van der Waals surface area (Å²) in [4.78, 5) is 14.2. The van der Waals surface area contributed by atoms with Gasteiger partial charge >= 0.3 is 5.97 Å². The minimum absolute atomic E-state index is 0.0967. The Kier molecular flexibility index (Phi) is 8.01. The maximum Gasteiger partial charge on any atom is 0.323 e. The molecule has 1 unspecified atom stereocenters. The number of nitrogens with one attached hydrogen (secondary N) is 1. The number of rotatable bonds is 9. The normalized spacial score (nSPS) is 17.9. The van der Waals surface area contributed by atoms with Gasteiger partial charge in [0.1, 0.15) is 6.04 Å². The van der Waals surface area contributed by atoms with E-state index in [1.54, 1.807) is 0 Å². The number of likely N-dealkylation sites (tertiary alicyclic amines) is 1. The minimum atomic E-state index is -0.117. The molecule has 0 aromatic heterocycles. The Hall–Kier alpha value is -0.610. The van der Waals surface area contributed by atoms with Crippen LogP contribution in [0.2, 0.25) is 0 Å². The van der Waals surface area contributed by atoms with Crippen LogP contribution < -0.4 is 5.32 Å². The van der Waals surface area contributed by atoms with Crippen molar-refractivity contribution in [2.75, 3.05) is 32.8 Å². The molecular weight excluding hydrogens is 228 g/mol. The topological polar surface area (TPSA) is 41.6 Å². The van der Waals surface area contributed by atoms with Crippen LogP contribution in [0.25, 0.3) is 0 Å². The average Bonchev–Trinajstić information content (AvgIpc) is 2.86. The van der Waals surface area contributed by atoms with E-state index in [1.165, 1.54) is 25.9 Å². The molecule has 18 heavy (non-hydrogen) atoms. The molecule has 1 rings (SSSR count). The van der Waals surface area contributed by atoms with Gasteiger partial charge in [0.05, 0.1) is 6.61 Å².